The summed E-state index contributed by atoms with van der Waals surface area (Å²) in [5.41, 5.74) is 4.90. The number of hydrogen-bond acceptors (Lipinski definition) is 6. The number of aliphatic carboxylic acids is 1. The fourth-order valence-corrected chi connectivity index (χ4v) is 2.22. The lowest BCUT2D eigenvalue weighted by Gasteiger charge is -2.35. The molecular formula is C13H22N2O6. The first-order chi connectivity index (χ1) is 9.95. The summed E-state index contributed by atoms with van der Waals surface area (Å²) in [4.78, 5) is 34.6. The van der Waals surface area contributed by atoms with Crippen molar-refractivity contribution in [1.29, 1.82) is 0 Å². The van der Waals surface area contributed by atoms with Crippen LogP contribution in [0.4, 0.5) is 0 Å². The molecule has 1 heterocycles. The van der Waals surface area contributed by atoms with E-state index in [1.165, 1.54) is 7.11 Å². The standard InChI is InChI=1S/C13H22N2O6/c1-20-10(16)3-2-9(11(17)18)15-12(19)13(8-14)4-6-21-7-5-13/h9H,2-8,14H2,1H3,(H,15,19)(H,17,18)/t9-/m1/s1. The average Bonchev–Trinajstić information content (AvgIpc) is 2.50. The molecule has 4 N–H and O–H groups in total. The molecule has 120 valence electrons. The summed E-state index contributed by atoms with van der Waals surface area (Å²) in [7, 11) is 1.22. The fourth-order valence-electron chi connectivity index (χ4n) is 2.22. The molecular weight excluding hydrogens is 280 g/mol. The Balaban J connectivity index is 2.66. The predicted octanol–water partition coefficient (Wildman–Crippen LogP) is -0.735. The van der Waals surface area contributed by atoms with Gasteiger partial charge >= 0.3 is 11.9 Å². The van der Waals surface area contributed by atoms with Gasteiger partial charge in [-0.2, -0.15) is 0 Å². The second kappa shape index (κ2) is 7.94. The first kappa shape index (κ1) is 17.4. The van der Waals surface area contributed by atoms with Gasteiger partial charge in [0.2, 0.25) is 5.91 Å². The maximum Gasteiger partial charge on any atom is 0.326 e. The van der Waals surface area contributed by atoms with E-state index in [9.17, 15) is 14.4 Å². The van der Waals surface area contributed by atoms with Crippen molar-refractivity contribution in [2.45, 2.75) is 31.7 Å². The van der Waals surface area contributed by atoms with Crippen LogP contribution in [0.3, 0.4) is 0 Å². The number of hydrogen-bond donors (Lipinski definition) is 3. The smallest absolute Gasteiger partial charge is 0.326 e. The molecule has 0 aromatic heterocycles. The Morgan fingerprint density at radius 3 is 2.48 bits per heavy atom. The molecule has 1 fully saturated rings. The van der Waals surface area contributed by atoms with Crippen molar-refractivity contribution in [2.24, 2.45) is 11.1 Å². The highest BCUT2D eigenvalue weighted by Gasteiger charge is 2.40. The van der Waals surface area contributed by atoms with E-state index in [1.807, 2.05) is 0 Å². The minimum atomic E-state index is -1.19. The Kier molecular flexibility index (Phi) is 6.57. The number of rotatable bonds is 7. The fraction of sp³-hybridized carbons (Fsp3) is 0.769. The van der Waals surface area contributed by atoms with Crippen molar-refractivity contribution in [2.75, 3.05) is 26.9 Å². The number of methoxy groups -OCH3 is 1. The molecule has 0 aromatic carbocycles. The predicted molar refractivity (Wildman–Crippen MR) is 72.4 cm³/mol. The van der Waals surface area contributed by atoms with Crippen LogP contribution in [0.15, 0.2) is 0 Å². The van der Waals surface area contributed by atoms with E-state index in [0.717, 1.165) is 0 Å². The van der Waals surface area contributed by atoms with Crippen LogP contribution < -0.4 is 11.1 Å². The van der Waals surface area contributed by atoms with E-state index in [0.29, 0.717) is 26.1 Å². The zero-order valence-electron chi connectivity index (χ0n) is 12.1. The molecule has 0 unspecified atom stereocenters. The number of amides is 1. The molecule has 1 aliphatic rings. The van der Waals surface area contributed by atoms with Crippen LogP contribution in [0.25, 0.3) is 0 Å². The molecule has 0 saturated carbocycles. The van der Waals surface area contributed by atoms with Gasteiger partial charge in [0.15, 0.2) is 0 Å². The highest BCUT2D eigenvalue weighted by molar-refractivity contribution is 5.88. The summed E-state index contributed by atoms with van der Waals surface area (Å²) in [5, 5.41) is 11.6. The van der Waals surface area contributed by atoms with Gasteiger partial charge in [0, 0.05) is 26.2 Å². The third kappa shape index (κ3) is 4.68. The maximum atomic E-state index is 12.4. The van der Waals surface area contributed by atoms with Gasteiger partial charge in [0.1, 0.15) is 6.04 Å². The summed E-state index contributed by atoms with van der Waals surface area (Å²) in [5.74, 6) is -2.10. The Morgan fingerprint density at radius 1 is 1.38 bits per heavy atom. The van der Waals surface area contributed by atoms with Crippen LogP contribution in [-0.4, -0.2) is 55.9 Å². The van der Waals surface area contributed by atoms with E-state index in [4.69, 9.17) is 15.6 Å². The summed E-state index contributed by atoms with van der Waals surface area (Å²) < 4.78 is 9.67. The third-order valence-corrected chi connectivity index (χ3v) is 3.79. The molecule has 0 aromatic rings. The second-order valence-electron chi connectivity index (χ2n) is 5.08. The van der Waals surface area contributed by atoms with Crippen molar-refractivity contribution in [1.82, 2.24) is 5.32 Å². The Labute approximate surface area is 123 Å². The van der Waals surface area contributed by atoms with Crippen molar-refractivity contribution in [3.8, 4) is 0 Å². The van der Waals surface area contributed by atoms with Gasteiger partial charge in [0.25, 0.3) is 0 Å². The van der Waals surface area contributed by atoms with Crippen molar-refractivity contribution in [3.63, 3.8) is 0 Å². The highest BCUT2D eigenvalue weighted by atomic mass is 16.5. The van der Waals surface area contributed by atoms with Crippen molar-refractivity contribution < 1.29 is 29.0 Å². The lowest BCUT2D eigenvalue weighted by molar-refractivity contribution is -0.147. The van der Waals surface area contributed by atoms with E-state index >= 15 is 0 Å². The summed E-state index contributed by atoms with van der Waals surface area (Å²) in [6, 6.07) is -1.14. The molecule has 0 radical (unpaired) electrons. The SMILES string of the molecule is COC(=O)CC[C@@H](NC(=O)C1(CN)CCOCC1)C(=O)O. The van der Waals surface area contributed by atoms with Gasteiger partial charge in [0.05, 0.1) is 12.5 Å². The number of carboxylic acids is 1. The summed E-state index contributed by atoms with van der Waals surface area (Å²) in [6.07, 6.45) is 0.814. The molecule has 1 atom stereocenters. The molecule has 21 heavy (non-hydrogen) atoms. The molecule has 1 rings (SSSR count). The van der Waals surface area contributed by atoms with Gasteiger partial charge in [-0.05, 0) is 19.3 Å². The number of nitrogens with two attached hydrogens (primary N) is 1. The number of carboxylic acid groups (broad SMARTS) is 1. The zero-order chi connectivity index (χ0) is 15.9. The lowest BCUT2D eigenvalue weighted by atomic mass is 9.79. The van der Waals surface area contributed by atoms with E-state index < -0.39 is 29.3 Å². The van der Waals surface area contributed by atoms with Crippen LogP contribution in [0.5, 0.6) is 0 Å². The number of ether oxygens (including phenoxy) is 2. The molecule has 1 saturated heterocycles. The molecule has 0 aliphatic carbocycles. The van der Waals surface area contributed by atoms with Gasteiger partial charge in [-0.1, -0.05) is 0 Å². The number of carbonyl (C=O) groups excluding carboxylic acids is 2. The van der Waals surface area contributed by atoms with Gasteiger partial charge in [-0.15, -0.1) is 0 Å². The molecule has 0 spiro atoms. The third-order valence-electron chi connectivity index (χ3n) is 3.79. The second-order valence-corrected chi connectivity index (χ2v) is 5.08. The average molecular weight is 302 g/mol. The number of carbonyl (C=O) groups is 3. The van der Waals surface area contributed by atoms with Crippen molar-refractivity contribution >= 4 is 17.8 Å². The van der Waals surface area contributed by atoms with Crippen LogP contribution >= 0.6 is 0 Å². The molecule has 8 heteroatoms. The van der Waals surface area contributed by atoms with Gasteiger partial charge < -0.3 is 25.6 Å². The first-order valence-electron chi connectivity index (χ1n) is 6.83. The van der Waals surface area contributed by atoms with Gasteiger partial charge in [-0.25, -0.2) is 4.79 Å². The normalized spacial score (nSPS) is 18.6. The topological polar surface area (TPSA) is 128 Å². The van der Waals surface area contributed by atoms with Crippen LogP contribution in [-0.2, 0) is 23.9 Å². The molecule has 1 amide bonds. The Hall–Kier alpha value is -1.67. The van der Waals surface area contributed by atoms with Crippen molar-refractivity contribution in [3.05, 3.63) is 0 Å². The van der Waals surface area contributed by atoms with Gasteiger partial charge in [-0.3, -0.25) is 9.59 Å². The summed E-state index contributed by atoms with van der Waals surface area (Å²) in [6.45, 7) is 0.973. The van der Waals surface area contributed by atoms with Crippen LogP contribution in [0.2, 0.25) is 0 Å². The Bertz CT molecular complexity index is 392. The van der Waals surface area contributed by atoms with E-state index in [1.54, 1.807) is 0 Å². The minimum absolute atomic E-state index is 0.0229. The minimum Gasteiger partial charge on any atom is -0.480 e. The van der Waals surface area contributed by atoms with Crippen LogP contribution in [0, 0.1) is 5.41 Å². The first-order valence-corrected chi connectivity index (χ1v) is 6.83. The van der Waals surface area contributed by atoms with E-state index in [-0.39, 0.29) is 19.4 Å². The van der Waals surface area contributed by atoms with E-state index in [2.05, 4.69) is 10.1 Å². The van der Waals surface area contributed by atoms with Crippen LogP contribution in [0.1, 0.15) is 25.7 Å². The largest absolute Gasteiger partial charge is 0.480 e. The number of nitrogens with one attached hydrogen (secondary N) is 1. The molecule has 8 nitrogen and oxygen atoms in total. The number of esters is 1. The highest BCUT2D eigenvalue weighted by Crippen LogP contribution is 2.29. The zero-order valence-corrected chi connectivity index (χ0v) is 12.1. The lowest BCUT2D eigenvalue weighted by Crippen LogP contribution is -2.53. The summed E-state index contributed by atoms with van der Waals surface area (Å²) >= 11 is 0. The molecule has 1 aliphatic heterocycles. The quantitative estimate of drug-likeness (QED) is 0.529. The monoisotopic (exact) mass is 302 g/mol. The maximum absolute atomic E-state index is 12.4. The molecule has 0 bridgehead atoms. The Morgan fingerprint density at radius 2 is 2.00 bits per heavy atom.